The third-order valence-corrected chi connectivity index (χ3v) is 3.71. The van der Waals surface area contributed by atoms with Crippen molar-refractivity contribution >= 4 is 17.3 Å². The van der Waals surface area contributed by atoms with Crippen LogP contribution in [0.4, 0.5) is 11.5 Å². The van der Waals surface area contributed by atoms with Crippen molar-refractivity contribution in [3.63, 3.8) is 0 Å². The van der Waals surface area contributed by atoms with Crippen LogP contribution in [0, 0.1) is 10.1 Å². The van der Waals surface area contributed by atoms with E-state index in [0.29, 0.717) is 17.1 Å². The molecule has 0 spiro atoms. The Morgan fingerprint density at radius 3 is 2.85 bits per heavy atom. The first-order valence-corrected chi connectivity index (χ1v) is 7.83. The summed E-state index contributed by atoms with van der Waals surface area (Å²) in [6.07, 6.45) is 3.39. The van der Waals surface area contributed by atoms with Gasteiger partial charge in [0.2, 0.25) is 5.82 Å². The number of benzene rings is 1. The molecular formula is C16H17N7O3. The van der Waals surface area contributed by atoms with Gasteiger partial charge in [0.15, 0.2) is 5.84 Å². The molecule has 134 valence electrons. The molecule has 0 aliphatic carbocycles. The minimum atomic E-state index is -0.515. The van der Waals surface area contributed by atoms with E-state index in [-0.39, 0.29) is 17.4 Å². The van der Waals surface area contributed by atoms with Gasteiger partial charge in [0, 0.05) is 30.1 Å². The van der Waals surface area contributed by atoms with E-state index in [4.69, 9.17) is 0 Å². The highest BCUT2D eigenvalue weighted by Gasteiger charge is 2.19. The number of non-ortho nitro benzene ring substituents is 1. The molecule has 26 heavy (non-hydrogen) atoms. The monoisotopic (exact) mass is 355 g/mol. The van der Waals surface area contributed by atoms with Crippen LogP contribution in [0.2, 0.25) is 0 Å². The number of aromatic amines is 1. The van der Waals surface area contributed by atoms with Gasteiger partial charge in [-0.3, -0.25) is 25.9 Å². The summed E-state index contributed by atoms with van der Waals surface area (Å²) < 4.78 is 1.63. The van der Waals surface area contributed by atoms with Crippen molar-refractivity contribution in [3.8, 4) is 5.69 Å². The molecule has 3 N–H and O–H groups in total. The van der Waals surface area contributed by atoms with Crippen LogP contribution < -0.4 is 5.48 Å². The summed E-state index contributed by atoms with van der Waals surface area (Å²) in [5.41, 5.74) is 3.69. The maximum Gasteiger partial charge on any atom is 0.270 e. The van der Waals surface area contributed by atoms with Crippen molar-refractivity contribution in [1.82, 2.24) is 25.5 Å². The number of hydrogen-bond donors (Lipinski definition) is 3. The standard InChI is InChI=1S/C16H17N7O3/c1-10(2)13-14(22-8-4-7-17-22)16(20-19-13)18-15(21-24)11-5-3-6-12(9-11)23(25)26/h3-10,24H,1-2H3,(H2,18,19,20,21). The van der Waals surface area contributed by atoms with E-state index < -0.39 is 4.92 Å². The molecule has 0 saturated heterocycles. The molecule has 3 aromatic rings. The Bertz CT molecular complexity index is 945. The summed E-state index contributed by atoms with van der Waals surface area (Å²) in [5, 5.41) is 31.8. The first-order chi connectivity index (χ1) is 12.5. The molecule has 10 nitrogen and oxygen atoms in total. The molecule has 0 amide bonds. The number of hydroxylamine groups is 1. The molecule has 2 heterocycles. The molecule has 2 aromatic heterocycles. The second kappa shape index (κ2) is 7.15. The molecule has 0 saturated carbocycles. The molecule has 1 aromatic carbocycles. The number of nitro groups is 1. The molecule has 0 bridgehead atoms. The van der Waals surface area contributed by atoms with Crippen molar-refractivity contribution in [3.05, 3.63) is 64.1 Å². The average Bonchev–Trinajstić information content (AvgIpc) is 3.28. The Morgan fingerprint density at radius 1 is 1.42 bits per heavy atom. The third-order valence-electron chi connectivity index (χ3n) is 3.71. The van der Waals surface area contributed by atoms with Gasteiger partial charge >= 0.3 is 0 Å². The number of aliphatic imine (C=N–C) groups is 1. The maximum absolute atomic E-state index is 11.0. The van der Waals surface area contributed by atoms with E-state index in [1.54, 1.807) is 29.2 Å². The van der Waals surface area contributed by atoms with Gasteiger partial charge in [-0.2, -0.15) is 10.2 Å². The molecule has 0 atom stereocenters. The number of H-pyrrole nitrogens is 1. The predicted molar refractivity (Wildman–Crippen MR) is 94.0 cm³/mol. The average molecular weight is 355 g/mol. The van der Waals surface area contributed by atoms with E-state index in [1.165, 1.54) is 18.2 Å². The molecular weight excluding hydrogens is 338 g/mol. The third kappa shape index (κ3) is 3.30. The molecule has 0 aliphatic heterocycles. The summed E-state index contributed by atoms with van der Waals surface area (Å²) >= 11 is 0. The Hall–Kier alpha value is -3.53. The zero-order chi connectivity index (χ0) is 18.7. The van der Waals surface area contributed by atoms with E-state index in [0.717, 1.165) is 5.69 Å². The molecule has 0 unspecified atom stereocenters. The van der Waals surface area contributed by atoms with E-state index >= 15 is 0 Å². The van der Waals surface area contributed by atoms with Crippen molar-refractivity contribution in [2.45, 2.75) is 19.8 Å². The normalized spacial score (nSPS) is 11.8. The number of hydrogen-bond acceptors (Lipinski definition) is 6. The maximum atomic E-state index is 11.0. The number of amidine groups is 1. The van der Waals surface area contributed by atoms with E-state index in [1.807, 2.05) is 19.3 Å². The number of nitrogens with zero attached hydrogens (tertiary/aromatic N) is 5. The highest BCUT2D eigenvalue weighted by atomic mass is 16.6. The zero-order valence-electron chi connectivity index (χ0n) is 14.1. The number of nitro benzene ring substituents is 1. The van der Waals surface area contributed by atoms with Crippen LogP contribution in [-0.2, 0) is 0 Å². The van der Waals surface area contributed by atoms with Crippen LogP contribution in [0.1, 0.15) is 31.0 Å². The minimum absolute atomic E-state index is 0.0314. The fourth-order valence-corrected chi connectivity index (χ4v) is 2.47. The lowest BCUT2D eigenvalue weighted by atomic mass is 10.1. The Labute approximate surface area is 148 Å². The topological polar surface area (TPSA) is 134 Å². The second-order valence-electron chi connectivity index (χ2n) is 5.79. The lowest BCUT2D eigenvalue weighted by Gasteiger charge is -2.08. The summed E-state index contributed by atoms with van der Waals surface area (Å²) in [4.78, 5) is 14.8. The fraction of sp³-hybridized carbons (Fsp3) is 0.188. The van der Waals surface area contributed by atoms with Crippen LogP contribution in [0.15, 0.2) is 47.7 Å². The Kier molecular flexibility index (Phi) is 4.76. The van der Waals surface area contributed by atoms with Gasteiger partial charge in [-0.25, -0.2) is 9.67 Å². The summed E-state index contributed by atoms with van der Waals surface area (Å²) in [5.74, 6) is 0.457. The number of rotatable bonds is 5. The molecule has 0 fully saturated rings. The largest absolute Gasteiger partial charge is 0.290 e. The summed E-state index contributed by atoms with van der Waals surface area (Å²) in [6.45, 7) is 4.00. The van der Waals surface area contributed by atoms with Gasteiger partial charge in [0.25, 0.3) is 5.69 Å². The predicted octanol–water partition coefficient (Wildman–Crippen LogP) is 2.68. The number of aromatic nitrogens is 4. The first-order valence-electron chi connectivity index (χ1n) is 7.83. The molecule has 3 rings (SSSR count). The van der Waals surface area contributed by atoms with Gasteiger partial charge in [0.05, 0.1) is 10.6 Å². The van der Waals surface area contributed by atoms with E-state index in [9.17, 15) is 15.3 Å². The second-order valence-corrected chi connectivity index (χ2v) is 5.79. The molecule has 10 heteroatoms. The van der Waals surface area contributed by atoms with Crippen LogP contribution in [0.25, 0.3) is 5.69 Å². The SMILES string of the molecule is CC(C)c1[nH]nc(N=C(NO)c2cccc([N+](=O)[O-])c2)c1-n1cccn1. The zero-order valence-corrected chi connectivity index (χ0v) is 14.1. The highest BCUT2D eigenvalue weighted by Crippen LogP contribution is 2.29. The Morgan fingerprint density at radius 2 is 2.23 bits per heavy atom. The lowest BCUT2D eigenvalue weighted by Crippen LogP contribution is -2.20. The fourth-order valence-electron chi connectivity index (χ4n) is 2.47. The van der Waals surface area contributed by atoms with E-state index in [2.05, 4.69) is 20.3 Å². The summed E-state index contributed by atoms with van der Waals surface area (Å²) in [7, 11) is 0. The van der Waals surface area contributed by atoms with Gasteiger partial charge < -0.3 is 0 Å². The van der Waals surface area contributed by atoms with Crippen LogP contribution in [0.5, 0.6) is 0 Å². The van der Waals surface area contributed by atoms with Gasteiger partial charge in [-0.15, -0.1) is 0 Å². The van der Waals surface area contributed by atoms with Crippen LogP contribution >= 0.6 is 0 Å². The van der Waals surface area contributed by atoms with Gasteiger partial charge in [0.1, 0.15) is 5.69 Å². The van der Waals surface area contributed by atoms with Crippen LogP contribution in [0.3, 0.4) is 0 Å². The van der Waals surface area contributed by atoms with Gasteiger partial charge in [-0.1, -0.05) is 26.0 Å². The minimum Gasteiger partial charge on any atom is -0.290 e. The number of nitrogens with one attached hydrogen (secondary N) is 2. The highest BCUT2D eigenvalue weighted by molar-refractivity contribution is 6.00. The van der Waals surface area contributed by atoms with Crippen molar-refractivity contribution in [2.75, 3.05) is 0 Å². The van der Waals surface area contributed by atoms with Crippen molar-refractivity contribution in [1.29, 1.82) is 0 Å². The Balaban J connectivity index is 2.11. The van der Waals surface area contributed by atoms with Gasteiger partial charge in [-0.05, 0) is 12.0 Å². The van der Waals surface area contributed by atoms with Crippen molar-refractivity contribution in [2.24, 2.45) is 4.99 Å². The molecule has 0 aliphatic rings. The van der Waals surface area contributed by atoms with Crippen molar-refractivity contribution < 1.29 is 10.1 Å². The first kappa shape index (κ1) is 17.3. The lowest BCUT2D eigenvalue weighted by molar-refractivity contribution is -0.384. The van der Waals surface area contributed by atoms with Crippen LogP contribution in [-0.4, -0.2) is 35.9 Å². The quantitative estimate of drug-likeness (QED) is 0.279. The summed E-state index contributed by atoms with van der Waals surface area (Å²) in [6, 6.07) is 7.55. The molecule has 0 radical (unpaired) electrons. The smallest absolute Gasteiger partial charge is 0.270 e.